The maximum atomic E-state index is 11.7. The summed E-state index contributed by atoms with van der Waals surface area (Å²) in [5.41, 5.74) is 7.79. The van der Waals surface area contributed by atoms with Gasteiger partial charge in [-0.3, -0.25) is 4.79 Å². The molecule has 0 saturated heterocycles. The van der Waals surface area contributed by atoms with E-state index in [1.165, 1.54) is 4.90 Å². The van der Waals surface area contributed by atoms with Gasteiger partial charge in [0.2, 0.25) is 5.91 Å². The molecule has 4 heteroatoms. The molecule has 0 spiro atoms. The first kappa shape index (κ1) is 12.2. The van der Waals surface area contributed by atoms with E-state index < -0.39 is 6.04 Å². The van der Waals surface area contributed by atoms with Crippen molar-refractivity contribution in [2.24, 2.45) is 5.73 Å². The first-order valence-electron chi connectivity index (χ1n) is 4.66. The van der Waals surface area contributed by atoms with E-state index in [-0.39, 0.29) is 5.91 Å². The van der Waals surface area contributed by atoms with Crippen molar-refractivity contribution in [3.63, 3.8) is 0 Å². The molecule has 0 heterocycles. The fourth-order valence-electron chi connectivity index (χ4n) is 1.36. The summed E-state index contributed by atoms with van der Waals surface area (Å²) in [5.74, 6) is -0.0869. The molecule has 0 aliphatic heterocycles. The summed E-state index contributed by atoms with van der Waals surface area (Å²) < 4.78 is 0.935. The predicted octanol–water partition coefficient (Wildman–Crippen LogP) is 1.85. The second-order valence-corrected chi connectivity index (χ2v) is 4.63. The van der Waals surface area contributed by atoms with Gasteiger partial charge in [0.15, 0.2) is 0 Å². The van der Waals surface area contributed by atoms with Crippen LogP contribution in [0.5, 0.6) is 0 Å². The maximum Gasteiger partial charge on any atom is 0.243 e. The van der Waals surface area contributed by atoms with E-state index in [1.54, 1.807) is 14.1 Å². The van der Waals surface area contributed by atoms with Crippen LogP contribution in [0.15, 0.2) is 22.7 Å². The Balaban J connectivity index is 3.05. The molecule has 1 aromatic carbocycles. The van der Waals surface area contributed by atoms with Crippen molar-refractivity contribution in [2.75, 3.05) is 14.1 Å². The molecule has 0 radical (unpaired) electrons. The van der Waals surface area contributed by atoms with E-state index >= 15 is 0 Å². The normalized spacial score (nSPS) is 12.3. The number of hydrogen-bond donors (Lipinski definition) is 1. The number of carbonyl (C=O) groups excluding carboxylic acids is 1. The maximum absolute atomic E-state index is 11.7. The Bertz CT molecular complexity index is 377. The molecule has 0 aromatic heterocycles. The van der Waals surface area contributed by atoms with Crippen LogP contribution in [0.25, 0.3) is 0 Å². The second kappa shape index (κ2) is 4.77. The predicted molar refractivity (Wildman–Crippen MR) is 64.5 cm³/mol. The lowest BCUT2D eigenvalue weighted by Crippen LogP contribution is -2.33. The van der Waals surface area contributed by atoms with Gasteiger partial charge in [-0.2, -0.15) is 0 Å². The number of likely N-dealkylation sites (N-methyl/N-ethyl adjacent to an activating group) is 1. The Morgan fingerprint density at radius 3 is 2.60 bits per heavy atom. The fourth-order valence-corrected chi connectivity index (χ4v) is 1.74. The first-order valence-corrected chi connectivity index (χ1v) is 5.45. The van der Waals surface area contributed by atoms with Gasteiger partial charge >= 0.3 is 0 Å². The molecule has 1 rings (SSSR count). The molecule has 0 bridgehead atoms. The highest BCUT2D eigenvalue weighted by molar-refractivity contribution is 9.10. The number of benzene rings is 1. The van der Waals surface area contributed by atoms with E-state index in [0.29, 0.717) is 0 Å². The summed E-state index contributed by atoms with van der Waals surface area (Å²) in [7, 11) is 3.41. The van der Waals surface area contributed by atoms with Gasteiger partial charge in [-0.1, -0.05) is 22.0 Å². The van der Waals surface area contributed by atoms with Gasteiger partial charge in [0.25, 0.3) is 0 Å². The van der Waals surface area contributed by atoms with Crippen molar-refractivity contribution in [1.29, 1.82) is 0 Å². The van der Waals surface area contributed by atoms with Crippen molar-refractivity contribution in [2.45, 2.75) is 13.0 Å². The molecule has 0 aliphatic rings. The highest BCUT2D eigenvalue weighted by Gasteiger charge is 2.19. The average Bonchev–Trinajstić information content (AvgIpc) is 2.19. The van der Waals surface area contributed by atoms with E-state index in [9.17, 15) is 4.79 Å². The van der Waals surface area contributed by atoms with Crippen LogP contribution in [0.2, 0.25) is 0 Å². The summed E-state index contributed by atoms with van der Waals surface area (Å²) in [6.07, 6.45) is 0. The summed E-state index contributed by atoms with van der Waals surface area (Å²) in [6.45, 7) is 1.95. The van der Waals surface area contributed by atoms with Crippen LogP contribution in [0.1, 0.15) is 17.2 Å². The van der Waals surface area contributed by atoms with E-state index in [4.69, 9.17) is 5.73 Å². The molecule has 82 valence electrons. The number of amides is 1. The van der Waals surface area contributed by atoms with Crippen LogP contribution in [-0.4, -0.2) is 24.9 Å². The lowest BCUT2D eigenvalue weighted by Gasteiger charge is -2.18. The molecule has 15 heavy (non-hydrogen) atoms. The minimum atomic E-state index is -0.586. The van der Waals surface area contributed by atoms with Crippen molar-refractivity contribution in [3.05, 3.63) is 33.8 Å². The molecule has 0 fully saturated rings. The molecule has 1 atom stereocenters. The van der Waals surface area contributed by atoms with Crippen LogP contribution in [-0.2, 0) is 4.79 Å². The van der Waals surface area contributed by atoms with Crippen LogP contribution in [0, 0.1) is 6.92 Å². The van der Waals surface area contributed by atoms with Crippen LogP contribution in [0.4, 0.5) is 0 Å². The summed E-state index contributed by atoms with van der Waals surface area (Å²) in [6, 6.07) is 5.19. The lowest BCUT2D eigenvalue weighted by molar-refractivity contribution is -0.130. The fraction of sp³-hybridized carbons (Fsp3) is 0.364. The van der Waals surface area contributed by atoms with Gasteiger partial charge in [-0.25, -0.2) is 0 Å². The summed E-state index contributed by atoms with van der Waals surface area (Å²) in [4.78, 5) is 13.2. The van der Waals surface area contributed by atoms with E-state index in [1.807, 2.05) is 25.1 Å². The molecule has 1 aromatic rings. The number of nitrogens with two attached hydrogens (primary N) is 1. The van der Waals surface area contributed by atoms with Crippen molar-refractivity contribution >= 4 is 21.8 Å². The molecular formula is C11H15BrN2O. The summed E-state index contributed by atoms with van der Waals surface area (Å²) in [5, 5.41) is 0. The molecule has 0 aliphatic carbocycles. The smallest absolute Gasteiger partial charge is 0.243 e. The third kappa shape index (κ3) is 2.79. The Morgan fingerprint density at radius 2 is 2.07 bits per heavy atom. The van der Waals surface area contributed by atoms with Gasteiger partial charge in [0.1, 0.15) is 6.04 Å². The molecule has 1 unspecified atom stereocenters. The number of hydrogen-bond acceptors (Lipinski definition) is 2. The Labute approximate surface area is 98.4 Å². The quantitative estimate of drug-likeness (QED) is 0.892. The highest BCUT2D eigenvalue weighted by Crippen LogP contribution is 2.21. The zero-order chi connectivity index (χ0) is 11.6. The Kier molecular flexibility index (Phi) is 3.88. The van der Waals surface area contributed by atoms with Crippen molar-refractivity contribution < 1.29 is 4.79 Å². The van der Waals surface area contributed by atoms with Crippen LogP contribution in [0.3, 0.4) is 0 Å². The molecule has 0 saturated carbocycles. The van der Waals surface area contributed by atoms with Gasteiger partial charge in [-0.05, 0) is 30.2 Å². The Hall–Kier alpha value is -0.870. The SMILES string of the molecule is Cc1ccc(Br)cc1C(N)C(=O)N(C)C. The van der Waals surface area contributed by atoms with Gasteiger partial charge in [-0.15, -0.1) is 0 Å². The topological polar surface area (TPSA) is 46.3 Å². The standard InChI is InChI=1S/C11H15BrN2O/c1-7-4-5-8(12)6-9(7)10(13)11(15)14(2)3/h4-6,10H,13H2,1-3H3. The number of carbonyl (C=O) groups is 1. The monoisotopic (exact) mass is 270 g/mol. The molecule has 1 amide bonds. The number of halogens is 1. The zero-order valence-corrected chi connectivity index (χ0v) is 10.7. The average molecular weight is 271 g/mol. The lowest BCUT2D eigenvalue weighted by atomic mass is 10.0. The van der Waals surface area contributed by atoms with Crippen molar-refractivity contribution in [1.82, 2.24) is 4.90 Å². The van der Waals surface area contributed by atoms with Gasteiger partial charge < -0.3 is 10.6 Å². The van der Waals surface area contributed by atoms with Crippen LogP contribution < -0.4 is 5.73 Å². The third-order valence-electron chi connectivity index (χ3n) is 2.28. The first-order chi connectivity index (χ1) is 6.93. The number of aryl methyl sites for hydroxylation is 1. The largest absolute Gasteiger partial charge is 0.347 e. The molecular weight excluding hydrogens is 256 g/mol. The third-order valence-corrected chi connectivity index (χ3v) is 2.78. The van der Waals surface area contributed by atoms with Crippen LogP contribution >= 0.6 is 15.9 Å². The highest BCUT2D eigenvalue weighted by atomic mass is 79.9. The number of nitrogens with zero attached hydrogens (tertiary/aromatic N) is 1. The zero-order valence-electron chi connectivity index (χ0n) is 9.12. The van der Waals surface area contributed by atoms with Crippen molar-refractivity contribution in [3.8, 4) is 0 Å². The van der Waals surface area contributed by atoms with E-state index in [0.717, 1.165) is 15.6 Å². The second-order valence-electron chi connectivity index (χ2n) is 3.71. The molecule has 3 nitrogen and oxygen atoms in total. The number of rotatable bonds is 2. The van der Waals surface area contributed by atoms with Gasteiger partial charge in [0, 0.05) is 18.6 Å². The minimum Gasteiger partial charge on any atom is -0.347 e. The van der Waals surface area contributed by atoms with Gasteiger partial charge in [0.05, 0.1) is 0 Å². The molecule has 2 N–H and O–H groups in total. The summed E-state index contributed by atoms with van der Waals surface area (Å²) >= 11 is 3.37. The van der Waals surface area contributed by atoms with E-state index in [2.05, 4.69) is 15.9 Å². The minimum absolute atomic E-state index is 0.0869. The Morgan fingerprint density at radius 1 is 1.47 bits per heavy atom.